The predicted octanol–water partition coefficient (Wildman–Crippen LogP) is 3.96. The van der Waals surface area contributed by atoms with Crippen molar-refractivity contribution in [3.8, 4) is 11.1 Å². The van der Waals surface area contributed by atoms with Gasteiger partial charge >= 0.3 is 5.97 Å². The van der Waals surface area contributed by atoms with E-state index in [1.807, 2.05) is 30.3 Å². The van der Waals surface area contributed by atoms with Crippen LogP contribution in [0.3, 0.4) is 0 Å². The smallest absolute Gasteiger partial charge is 0.355 e. The lowest BCUT2D eigenvalue weighted by Crippen LogP contribution is -2.31. The summed E-state index contributed by atoms with van der Waals surface area (Å²) in [6, 6.07) is 17.6. The van der Waals surface area contributed by atoms with Gasteiger partial charge in [0.1, 0.15) is 0 Å². The zero-order valence-corrected chi connectivity index (χ0v) is 16.4. The fourth-order valence-corrected chi connectivity index (χ4v) is 3.27. The molecule has 1 heterocycles. The van der Waals surface area contributed by atoms with Gasteiger partial charge in [-0.1, -0.05) is 41.9 Å². The number of aliphatic hydroxyl groups is 1. The first-order valence-electron chi connectivity index (χ1n) is 9.16. The zero-order chi connectivity index (χ0) is 20.8. The number of rotatable bonds is 8. The molecule has 0 saturated carbocycles. The van der Waals surface area contributed by atoms with Gasteiger partial charge in [-0.25, -0.2) is 9.78 Å². The lowest BCUT2D eigenvalue weighted by molar-refractivity contribution is 0.0691. The maximum atomic E-state index is 11.4. The highest BCUT2D eigenvalue weighted by atomic mass is 35.5. The normalized spacial score (nSPS) is 12.9. The lowest BCUT2D eigenvalue weighted by Gasteiger charge is -2.18. The summed E-state index contributed by atoms with van der Waals surface area (Å²) in [5.41, 5.74) is 8.99. The first-order valence-corrected chi connectivity index (χ1v) is 9.53. The van der Waals surface area contributed by atoms with Crippen LogP contribution in [0.5, 0.6) is 0 Å². The second-order valence-electron chi connectivity index (χ2n) is 6.73. The van der Waals surface area contributed by atoms with E-state index in [1.165, 1.54) is 6.20 Å². The molecule has 2 unspecified atom stereocenters. The number of carboxylic acid groups (broad SMARTS) is 1. The average Bonchev–Trinajstić information content (AvgIpc) is 2.72. The molecule has 0 saturated heterocycles. The van der Waals surface area contributed by atoms with Gasteiger partial charge in [-0.2, -0.15) is 0 Å². The van der Waals surface area contributed by atoms with Crippen molar-refractivity contribution >= 4 is 23.3 Å². The van der Waals surface area contributed by atoms with E-state index in [1.54, 1.807) is 30.3 Å². The molecule has 3 rings (SSSR count). The third-order valence-corrected chi connectivity index (χ3v) is 4.75. The van der Waals surface area contributed by atoms with E-state index in [0.29, 0.717) is 23.6 Å². The molecule has 5 N–H and O–H groups in total. The van der Waals surface area contributed by atoms with Crippen molar-refractivity contribution in [2.45, 2.75) is 18.6 Å². The van der Waals surface area contributed by atoms with Gasteiger partial charge in [0.15, 0.2) is 5.69 Å². The van der Waals surface area contributed by atoms with E-state index in [9.17, 15) is 15.0 Å². The number of halogens is 1. The molecular weight excluding hydrogens is 390 g/mol. The second kappa shape index (κ2) is 9.52. The number of anilines is 1. The van der Waals surface area contributed by atoms with Gasteiger partial charge in [0, 0.05) is 35.1 Å². The van der Waals surface area contributed by atoms with Crippen LogP contribution in [0, 0.1) is 0 Å². The Morgan fingerprint density at radius 3 is 2.69 bits per heavy atom. The molecule has 0 amide bonds. The quantitative estimate of drug-likeness (QED) is 0.446. The summed E-state index contributed by atoms with van der Waals surface area (Å²) in [5, 5.41) is 23.5. The van der Waals surface area contributed by atoms with Crippen LogP contribution in [0.4, 0.5) is 5.69 Å². The fourth-order valence-electron chi connectivity index (χ4n) is 3.07. The van der Waals surface area contributed by atoms with Crippen molar-refractivity contribution in [2.75, 3.05) is 11.9 Å². The number of nitrogens with two attached hydrogens (primary N) is 1. The SMILES string of the molecule is NC(CNc1cccc(-c2cccnc2C(=O)O)c1)CC(O)c1cccc(Cl)c1. The number of carbonyl (C=O) groups is 1. The molecule has 7 heteroatoms. The number of aliphatic hydroxyl groups excluding tert-OH is 1. The first-order chi connectivity index (χ1) is 13.9. The third kappa shape index (κ3) is 5.54. The summed E-state index contributed by atoms with van der Waals surface area (Å²) in [5.74, 6) is -1.07. The largest absolute Gasteiger partial charge is 0.476 e. The second-order valence-corrected chi connectivity index (χ2v) is 7.17. The molecule has 0 bridgehead atoms. The molecule has 6 nitrogen and oxygen atoms in total. The minimum Gasteiger partial charge on any atom is -0.476 e. The van der Waals surface area contributed by atoms with Gasteiger partial charge in [-0.3, -0.25) is 0 Å². The van der Waals surface area contributed by atoms with Crippen molar-refractivity contribution in [3.63, 3.8) is 0 Å². The van der Waals surface area contributed by atoms with Crippen molar-refractivity contribution in [3.05, 3.63) is 83.1 Å². The molecule has 1 aromatic heterocycles. The Labute approximate surface area is 174 Å². The van der Waals surface area contributed by atoms with Crippen LogP contribution >= 0.6 is 11.6 Å². The molecule has 150 valence electrons. The Bertz CT molecular complexity index is 996. The summed E-state index contributed by atoms with van der Waals surface area (Å²) in [7, 11) is 0. The summed E-state index contributed by atoms with van der Waals surface area (Å²) < 4.78 is 0. The molecule has 0 spiro atoms. The molecule has 0 aliphatic carbocycles. The van der Waals surface area contributed by atoms with Crippen LogP contribution in [0.15, 0.2) is 66.9 Å². The molecule has 2 aromatic carbocycles. The minimum atomic E-state index is -1.07. The standard InChI is InChI=1S/C22H22ClN3O3/c23-16-6-1-5-15(10-16)20(27)12-17(24)13-26-18-7-2-4-14(11-18)19-8-3-9-25-21(19)22(28)29/h1-11,17,20,26-27H,12-13,24H2,(H,28,29). The van der Waals surface area contributed by atoms with Crippen molar-refractivity contribution in [1.29, 1.82) is 0 Å². The van der Waals surface area contributed by atoms with Crippen LogP contribution < -0.4 is 11.1 Å². The Balaban J connectivity index is 1.64. The third-order valence-electron chi connectivity index (χ3n) is 4.51. The van der Waals surface area contributed by atoms with E-state index in [4.69, 9.17) is 17.3 Å². The maximum absolute atomic E-state index is 11.4. The van der Waals surface area contributed by atoms with Crippen molar-refractivity contribution < 1.29 is 15.0 Å². The fraction of sp³-hybridized carbons (Fsp3) is 0.182. The lowest BCUT2D eigenvalue weighted by atomic mass is 10.0. The Morgan fingerprint density at radius 2 is 1.93 bits per heavy atom. The number of carboxylic acids is 1. The molecule has 2 atom stereocenters. The Hall–Kier alpha value is -2.93. The van der Waals surface area contributed by atoms with Crippen molar-refractivity contribution in [2.24, 2.45) is 5.73 Å². The highest BCUT2D eigenvalue weighted by molar-refractivity contribution is 6.30. The molecule has 0 fully saturated rings. The minimum absolute atomic E-state index is 0.00555. The summed E-state index contributed by atoms with van der Waals surface area (Å²) in [6.07, 6.45) is 1.13. The monoisotopic (exact) mass is 411 g/mol. The zero-order valence-electron chi connectivity index (χ0n) is 15.6. The van der Waals surface area contributed by atoms with Gasteiger partial charge < -0.3 is 21.3 Å². The van der Waals surface area contributed by atoms with Gasteiger partial charge in [0.25, 0.3) is 0 Å². The molecule has 29 heavy (non-hydrogen) atoms. The average molecular weight is 412 g/mol. The molecule has 3 aromatic rings. The van der Waals surface area contributed by atoms with Gasteiger partial charge in [0.05, 0.1) is 6.10 Å². The number of hydrogen-bond acceptors (Lipinski definition) is 5. The Morgan fingerprint density at radius 1 is 1.14 bits per heavy atom. The molecule has 0 aliphatic heterocycles. The van der Waals surface area contributed by atoms with E-state index < -0.39 is 12.1 Å². The number of aromatic nitrogens is 1. The van der Waals surface area contributed by atoms with Crippen LogP contribution in [-0.2, 0) is 0 Å². The molecular formula is C22H22ClN3O3. The topological polar surface area (TPSA) is 108 Å². The Kier molecular flexibility index (Phi) is 6.82. The summed E-state index contributed by atoms with van der Waals surface area (Å²) >= 11 is 5.97. The number of nitrogens with zero attached hydrogens (tertiary/aromatic N) is 1. The van der Waals surface area contributed by atoms with Crippen molar-refractivity contribution in [1.82, 2.24) is 4.98 Å². The van der Waals surface area contributed by atoms with E-state index >= 15 is 0 Å². The number of benzene rings is 2. The molecule has 0 radical (unpaired) electrons. The highest BCUT2D eigenvalue weighted by Gasteiger charge is 2.15. The van der Waals surface area contributed by atoms with Crippen LogP contribution in [0.25, 0.3) is 11.1 Å². The van der Waals surface area contributed by atoms with Gasteiger partial charge in [-0.05, 0) is 47.9 Å². The van der Waals surface area contributed by atoms with Crippen LogP contribution in [0.1, 0.15) is 28.6 Å². The van der Waals surface area contributed by atoms with Crippen LogP contribution in [0.2, 0.25) is 5.02 Å². The molecule has 0 aliphatic rings. The number of nitrogens with one attached hydrogen (secondary N) is 1. The van der Waals surface area contributed by atoms with Crippen LogP contribution in [-0.4, -0.2) is 33.8 Å². The number of aromatic carboxylic acids is 1. The van der Waals surface area contributed by atoms with Gasteiger partial charge in [-0.15, -0.1) is 0 Å². The number of pyridine rings is 1. The maximum Gasteiger partial charge on any atom is 0.355 e. The highest BCUT2D eigenvalue weighted by Crippen LogP contribution is 2.25. The van der Waals surface area contributed by atoms with Gasteiger partial charge in [0.2, 0.25) is 0 Å². The number of hydrogen-bond donors (Lipinski definition) is 4. The summed E-state index contributed by atoms with van der Waals surface area (Å²) in [4.78, 5) is 15.4. The van der Waals surface area contributed by atoms with E-state index in [0.717, 1.165) is 16.8 Å². The van der Waals surface area contributed by atoms with E-state index in [-0.39, 0.29) is 11.7 Å². The summed E-state index contributed by atoms with van der Waals surface area (Å²) in [6.45, 7) is 0.444. The van der Waals surface area contributed by atoms with E-state index in [2.05, 4.69) is 10.3 Å². The first kappa shape index (κ1) is 20.8. The predicted molar refractivity (Wildman–Crippen MR) is 114 cm³/mol.